The van der Waals surface area contributed by atoms with E-state index in [4.69, 9.17) is 9.47 Å². The lowest BCUT2D eigenvalue weighted by atomic mass is 10.0. The van der Waals surface area contributed by atoms with E-state index in [-0.39, 0.29) is 6.61 Å². The molecule has 0 spiro atoms. The predicted octanol–water partition coefficient (Wildman–Crippen LogP) is 1.26. The number of carboxylic acids is 1. The molecule has 0 fully saturated rings. The Morgan fingerprint density at radius 2 is 1.63 bits per heavy atom. The number of carbonyl (C=O) groups excluding carboxylic acids is 2. The quantitative estimate of drug-likeness (QED) is 0.613. The molecule has 0 rings (SSSR count). The minimum atomic E-state index is -2.13. The number of aliphatic carboxylic acids is 1. The number of ether oxygens (including phenoxy) is 2. The Kier molecular flexibility index (Phi) is 5.34. The molecule has 0 heterocycles. The molecule has 0 aromatic carbocycles. The minimum absolute atomic E-state index is 0.0177. The van der Waals surface area contributed by atoms with Gasteiger partial charge in [-0.25, -0.2) is 14.4 Å². The van der Waals surface area contributed by atoms with Crippen LogP contribution >= 0.6 is 0 Å². The molecule has 7 heteroatoms. The van der Waals surface area contributed by atoms with Gasteiger partial charge in [0.2, 0.25) is 5.54 Å². The number of hydrogen-bond donors (Lipinski definition) is 1. The van der Waals surface area contributed by atoms with Gasteiger partial charge in [0.25, 0.3) is 0 Å². The van der Waals surface area contributed by atoms with E-state index >= 15 is 0 Å². The number of rotatable bonds is 4. The highest BCUT2D eigenvalue weighted by molar-refractivity contribution is 6.05. The molecular weight excluding hydrogens is 254 g/mol. The van der Waals surface area contributed by atoms with Crippen LogP contribution in [0, 0.1) is 0 Å². The van der Waals surface area contributed by atoms with Gasteiger partial charge in [-0.2, -0.15) is 0 Å². The van der Waals surface area contributed by atoms with E-state index in [0.29, 0.717) is 0 Å². The number of likely N-dealkylation sites (N-methyl/N-ethyl adjacent to an activating group) is 1. The maximum Gasteiger partial charge on any atom is 0.411 e. The van der Waals surface area contributed by atoms with Gasteiger partial charge in [0.1, 0.15) is 5.60 Å². The molecule has 0 aliphatic heterocycles. The molecule has 1 amide bonds. The summed E-state index contributed by atoms with van der Waals surface area (Å²) in [5, 5.41) is 9.20. The minimum Gasteiger partial charge on any atom is -0.479 e. The average Bonchev–Trinajstić information content (AvgIpc) is 2.24. The molecule has 1 atom stereocenters. The van der Waals surface area contributed by atoms with E-state index in [0.717, 1.165) is 11.8 Å². The molecule has 0 aliphatic carbocycles. The molecule has 0 bridgehead atoms. The summed E-state index contributed by atoms with van der Waals surface area (Å²) >= 11 is 0. The van der Waals surface area contributed by atoms with Gasteiger partial charge in [-0.05, 0) is 34.6 Å². The lowest BCUT2D eigenvalue weighted by Gasteiger charge is -2.33. The lowest BCUT2D eigenvalue weighted by molar-refractivity contribution is -0.168. The smallest absolute Gasteiger partial charge is 0.411 e. The fourth-order valence-electron chi connectivity index (χ4n) is 1.15. The van der Waals surface area contributed by atoms with Crippen molar-refractivity contribution in [3.63, 3.8) is 0 Å². The van der Waals surface area contributed by atoms with Crippen molar-refractivity contribution in [2.24, 2.45) is 0 Å². The fourth-order valence-corrected chi connectivity index (χ4v) is 1.15. The van der Waals surface area contributed by atoms with Gasteiger partial charge in [0.05, 0.1) is 6.61 Å². The van der Waals surface area contributed by atoms with E-state index in [1.54, 1.807) is 27.7 Å². The second kappa shape index (κ2) is 5.90. The Bertz CT molecular complexity index is 373. The molecule has 1 N–H and O–H groups in total. The lowest BCUT2D eigenvalue weighted by Crippen LogP contribution is -2.59. The summed E-state index contributed by atoms with van der Waals surface area (Å²) in [6.45, 7) is 7.58. The van der Waals surface area contributed by atoms with Crippen LogP contribution in [0.1, 0.15) is 34.6 Å². The summed E-state index contributed by atoms with van der Waals surface area (Å²) in [5.41, 5.74) is -2.92. The summed E-state index contributed by atoms with van der Waals surface area (Å²) in [6, 6.07) is 0. The van der Waals surface area contributed by atoms with Crippen LogP contribution in [0.25, 0.3) is 0 Å². The SMILES string of the molecule is CCOC(=O)[C@@](C)(C(=O)O)N(C)C(=O)OC(C)(C)C. The molecule has 0 unspecified atom stereocenters. The molecule has 0 aliphatic rings. The largest absolute Gasteiger partial charge is 0.479 e. The summed E-state index contributed by atoms with van der Waals surface area (Å²) < 4.78 is 9.74. The first-order valence-electron chi connectivity index (χ1n) is 5.84. The highest BCUT2D eigenvalue weighted by atomic mass is 16.6. The summed E-state index contributed by atoms with van der Waals surface area (Å²) in [7, 11) is 1.18. The highest BCUT2D eigenvalue weighted by Gasteiger charge is 2.50. The monoisotopic (exact) mass is 275 g/mol. The number of carboxylic acid groups (broad SMARTS) is 1. The normalized spacial score (nSPS) is 14.2. The molecule has 0 saturated heterocycles. The Morgan fingerprint density at radius 1 is 1.16 bits per heavy atom. The predicted molar refractivity (Wildman–Crippen MR) is 66.7 cm³/mol. The number of esters is 1. The summed E-state index contributed by atoms with van der Waals surface area (Å²) in [4.78, 5) is 35.6. The molecule has 110 valence electrons. The third-order valence-corrected chi connectivity index (χ3v) is 2.43. The van der Waals surface area contributed by atoms with E-state index in [9.17, 15) is 19.5 Å². The highest BCUT2D eigenvalue weighted by Crippen LogP contribution is 2.20. The van der Waals surface area contributed by atoms with Gasteiger partial charge in [-0.1, -0.05) is 0 Å². The maximum atomic E-state index is 11.9. The summed E-state index contributed by atoms with van der Waals surface area (Å²) in [5.74, 6) is -2.50. The van der Waals surface area contributed by atoms with Gasteiger partial charge < -0.3 is 14.6 Å². The number of amides is 1. The van der Waals surface area contributed by atoms with Gasteiger partial charge in [-0.15, -0.1) is 0 Å². The van der Waals surface area contributed by atoms with Crippen molar-refractivity contribution < 1.29 is 29.0 Å². The van der Waals surface area contributed by atoms with Crippen LogP contribution in [0.5, 0.6) is 0 Å². The van der Waals surface area contributed by atoms with Crippen molar-refractivity contribution >= 4 is 18.0 Å². The van der Waals surface area contributed by atoms with Crippen molar-refractivity contribution in [2.45, 2.75) is 45.8 Å². The zero-order valence-electron chi connectivity index (χ0n) is 12.1. The second-order valence-electron chi connectivity index (χ2n) is 5.14. The average molecular weight is 275 g/mol. The number of nitrogens with zero attached hydrogens (tertiary/aromatic N) is 1. The Hall–Kier alpha value is -1.79. The van der Waals surface area contributed by atoms with Crippen LogP contribution in [-0.2, 0) is 19.1 Å². The van der Waals surface area contributed by atoms with Gasteiger partial charge in [0.15, 0.2) is 0 Å². The van der Waals surface area contributed by atoms with Crippen molar-refractivity contribution in [2.75, 3.05) is 13.7 Å². The Morgan fingerprint density at radius 3 is 1.95 bits per heavy atom. The van der Waals surface area contributed by atoms with E-state index < -0.39 is 29.2 Å². The zero-order valence-corrected chi connectivity index (χ0v) is 12.1. The number of hydrogen-bond acceptors (Lipinski definition) is 5. The van der Waals surface area contributed by atoms with Crippen LogP contribution in [0.4, 0.5) is 4.79 Å². The molecule has 19 heavy (non-hydrogen) atoms. The van der Waals surface area contributed by atoms with E-state index in [2.05, 4.69) is 0 Å². The zero-order chi connectivity index (χ0) is 15.4. The topological polar surface area (TPSA) is 93.1 Å². The van der Waals surface area contributed by atoms with Gasteiger partial charge in [0, 0.05) is 7.05 Å². The van der Waals surface area contributed by atoms with Gasteiger partial charge in [-0.3, -0.25) is 4.90 Å². The standard InChI is InChI=1S/C12H21NO6/c1-7-18-9(16)12(5,8(14)15)13(6)10(17)19-11(2,3)4/h7H2,1-6H3,(H,14,15)/t12-/m1/s1. The molecule has 0 radical (unpaired) electrons. The molecule has 0 aromatic heterocycles. The van der Waals surface area contributed by atoms with E-state index in [1.807, 2.05) is 0 Å². The van der Waals surface area contributed by atoms with Crippen molar-refractivity contribution in [1.82, 2.24) is 4.90 Å². The van der Waals surface area contributed by atoms with Crippen molar-refractivity contribution in [3.8, 4) is 0 Å². The van der Waals surface area contributed by atoms with Crippen LogP contribution in [0.2, 0.25) is 0 Å². The first kappa shape index (κ1) is 17.2. The summed E-state index contributed by atoms with van der Waals surface area (Å²) in [6.07, 6.45) is -0.912. The maximum absolute atomic E-state index is 11.9. The Balaban J connectivity index is 5.25. The fraction of sp³-hybridized carbons (Fsp3) is 0.750. The third kappa shape index (κ3) is 4.11. The number of carbonyl (C=O) groups is 3. The second-order valence-corrected chi connectivity index (χ2v) is 5.14. The van der Waals surface area contributed by atoms with Crippen molar-refractivity contribution in [1.29, 1.82) is 0 Å². The molecule has 0 aromatic rings. The van der Waals surface area contributed by atoms with Crippen LogP contribution in [0.3, 0.4) is 0 Å². The molecule has 7 nitrogen and oxygen atoms in total. The molecular formula is C12H21NO6. The third-order valence-electron chi connectivity index (χ3n) is 2.43. The van der Waals surface area contributed by atoms with E-state index in [1.165, 1.54) is 7.05 Å². The first-order chi connectivity index (χ1) is 8.46. The van der Waals surface area contributed by atoms with Crippen LogP contribution < -0.4 is 0 Å². The molecule has 0 saturated carbocycles. The first-order valence-corrected chi connectivity index (χ1v) is 5.84. The van der Waals surface area contributed by atoms with Crippen LogP contribution in [-0.4, -0.2) is 52.8 Å². The van der Waals surface area contributed by atoms with Crippen LogP contribution in [0.15, 0.2) is 0 Å². The Labute approximate surface area is 112 Å². The van der Waals surface area contributed by atoms with Gasteiger partial charge >= 0.3 is 18.0 Å². The van der Waals surface area contributed by atoms with Crippen molar-refractivity contribution in [3.05, 3.63) is 0 Å².